The summed E-state index contributed by atoms with van der Waals surface area (Å²) in [6.45, 7) is 4.66. The van der Waals surface area contributed by atoms with Gasteiger partial charge in [-0.15, -0.1) is 11.3 Å². The van der Waals surface area contributed by atoms with Crippen molar-refractivity contribution >= 4 is 50.5 Å². The normalized spacial score (nSPS) is 13.8. The lowest BCUT2D eigenvalue weighted by Gasteiger charge is -2.27. The molecule has 30 heavy (non-hydrogen) atoms. The number of carbonyl (C=O) groups excluding carboxylic acids is 2. The minimum absolute atomic E-state index is 0.0207. The molecule has 0 radical (unpaired) electrons. The summed E-state index contributed by atoms with van der Waals surface area (Å²) < 4.78 is 33.4. The third kappa shape index (κ3) is 4.79. The number of methoxy groups -OCH3 is 1. The molecule has 2 aromatic rings. The Morgan fingerprint density at radius 2 is 1.93 bits per heavy atom. The van der Waals surface area contributed by atoms with Crippen LogP contribution in [0.5, 0.6) is 0 Å². The number of carbonyl (C=O) groups is 2. The highest BCUT2D eigenvalue weighted by molar-refractivity contribution is 7.94. The molecule has 0 bridgehead atoms. The number of sulfonamides is 1. The maximum Gasteiger partial charge on any atom is 0.340 e. The van der Waals surface area contributed by atoms with Crippen molar-refractivity contribution in [2.75, 3.05) is 18.4 Å². The summed E-state index contributed by atoms with van der Waals surface area (Å²) in [4.78, 5) is 27.3. The molecule has 162 valence electrons. The molecule has 1 aromatic heterocycles. The van der Waals surface area contributed by atoms with Crippen LogP contribution in [-0.4, -0.2) is 38.8 Å². The van der Waals surface area contributed by atoms with E-state index in [0.717, 1.165) is 11.3 Å². The molecule has 0 atom stereocenters. The molecule has 1 aliphatic rings. The third-order valence-corrected chi connectivity index (χ3v) is 8.06. The summed E-state index contributed by atoms with van der Waals surface area (Å²) in [5, 5.41) is 0.478. The number of halogens is 1. The quantitative estimate of drug-likeness (QED) is 0.646. The number of fused-ring (bicyclic) bond motifs is 1. The Hall–Kier alpha value is -2.10. The molecule has 0 saturated heterocycles. The van der Waals surface area contributed by atoms with E-state index >= 15 is 0 Å². The molecule has 0 spiro atoms. The number of benzene rings is 1. The number of thiophene rings is 1. The van der Waals surface area contributed by atoms with Gasteiger partial charge in [0.1, 0.15) is 0 Å². The summed E-state index contributed by atoms with van der Waals surface area (Å²) in [6.07, 6.45) is 0.824. The molecule has 1 aromatic carbocycles. The van der Waals surface area contributed by atoms with Crippen molar-refractivity contribution in [1.29, 1.82) is 0 Å². The molecule has 10 heteroatoms. The Morgan fingerprint density at radius 3 is 2.53 bits per heavy atom. The molecule has 1 aliphatic heterocycles. The van der Waals surface area contributed by atoms with E-state index in [1.807, 2.05) is 13.8 Å². The zero-order valence-corrected chi connectivity index (χ0v) is 19.3. The summed E-state index contributed by atoms with van der Waals surface area (Å²) in [7, 11) is -2.82. The Labute approximate surface area is 185 Å². The molecular formula is C20H23ClN2O5S2. The Bertz CT molecular complexity index is 1060. The number of amides is 1. The van der Waals surface area contributed by atoms with E-state index in [4.69, 9.17) is 16.3 Å². The van der Waals surface area contributed by atoms with Crippen molar-refractivity contribution in [3.63, 3.8) is 0 Å². The highest BCUT2D eigenvalue weighted by Gasteiger charge is 2.35. The smallest absolute Gasteiger partial charge is 0.340 e. The standard InChI is InChI=1S/C20H23ClN2O5S2/c1-12(2)10-17(24)23-9-8-15-16(11-23)29-20(18(15)19(25)28-3)30(26,27)22-14-6-4-13(21)5-7-14/h4-7,12,22H,8-11H2,1-3H3. The average molecular weight is 471 g/mol. The fourth-order valence-electron chi connectivity index (χ4n) is 3.29. The lowest BCUT2D eigenvalue weighted by atomic mass is 10.0. The second-order valence-electron chi connectivity index (χ2n) is 7.43. The predicted molar refractivity (Wildman–Crippen MR) is 116 cm³/mol. The van der Waals surface area contributed by atoms with Gasteiger partial charge in [0.15, 0.2) is 4.21 Å². The molecule has 0 fully saturated rings. The van der Waals surface area contributed by atoms with Crippen LogP contribution in [0.4, 0.5) is 5.69 Å². The van der Waals surface area contributed by atoms with Gasteiger partial charge in [0.2, 0.25) is 5.91 Å². The highest BCUT2D eigenvalue weighted by Crippen LogP contribution is 2.37. The fourth-order valence-corrected chi connectivity index (χ4v) is 6.37. The Balaban J connectivity index is 1.97. The van der Waals surface area contributed by atoms with Crippen LogP contribution in [0.15, 0.2) is 28.5 Å². The third-order valence-electron chi connectivity index (χ3n) is 4.69. The zero-order valence-electron chi connectivity index (χ0n) is 16.9. The topological polar surface area (TPSA) is 92.8 Å². The van der Waals surface area contributed by atoms with E-state index in [0.29, 0.717) is 40.5 Å². The summed E-state index contributed by atoms with van der Waals surface area (Å²) >= 11 is 6.86. The minimum Gasteiger partial charge on any atom is -0.465 e. The van der Waals surface area contributed by atoms with Crippen LogP contribution < -0.4 is 4.72 Å². The zero-order chi connectivity index (χ0) is 22.1. The van der Waals surface area contributed by atoms with Gasteiger partial charge < -0.3 is 9.64 Å². The van der Waals surface area contributed by atoms with E-state index in [1.54, 1.807) is 17.0 Å². The number of rotatable bonds is 6. The van der Waals surface area contributed by atoms with Gasteiger partial charge in [-0.2, -0.15) is 0 Å². The van der Waals surface area contributed by atoms with E-state index in [-0.39, 0.29) is 28.1 Å². The molecular weight excluding hydrogens is 448 g/mol. The minimum atomic E-state index is -4.04. The van der Waals surface area contributed by atoms with Crippen molar-refractivity contribution in [1.82, 2.24) is 4.90 Å². The van der Waals surface area contributed by atoms with E-state index in [9.17, 15) is 18.0 Å². The van der Waals surface area contributed by atoms with E-state index < -0.39 is 16.0 Å². The maximum absolute atomic E-state index is 13.1. The number of ether oxygens (including phenoxy) is 1. The van der Waals surface area contributed by atoms with Gasteiger partial charge >= 0.3 is 5.97 Å². The molecule has 1 N–H and O–H groups in total. The Kier molecular flexibility index (Phi) is 6.74. The molecule has 3 rings (SSSR count). The van der Waals surface area contributed by atoms with Crippen molar-refractivity contribution in [2.24, 2.45) is 5.92 Å². The monoisotopic (exact) mass is 470 g/mol. The fraction of sp³-hybridized carbons (Fsp3) is 0.400. The van der Waals surface area contributed by atoms with Gasteiger partial charge in [-0.05, 0) is 42.2 Å². The van der Waals surface area contributed by atoms with E-state index in [1.165, 1.54) is 19.2 Å². The van der Waals surface area contributed by atoms with Gasteiger partial charge in [-0.1, -0.05) is 25.4 Å². The van der Waals surface area contributed by atoms with Gasteiger partial charge in [0.25, 0.3) is 10.0 Å². The number of esters is 1. The second kappa shape index (κ2) is 8.95. The van der Waals surface area contributed by atoms with E-state index in [2.05, 4.69) is 4.72 Å². The van der Waals surface area contributed by atoms with Crippen molar-refractivity contribution in [3.05, 3.63) is 45.3 Å². The van der Waals surface area contributed by atoms with Crippen LogP contribution in [0, 0.1) is 5.92 Å². The molecule has 0 saturated carbocycles. The van der Waals surface area contributed by atoms with Crippen molar-refractivity contribution in [3.8, 4) is 0 Å². The Morgan fingerprint density at radius 1 is 1.27 bits per heavy atom. The highest BCUT2D eigenvalue weighted by atomic mass is 35.5. The van der Waals surface area contributed by atoms with Gasteiger partial charge in [-0.3, -0.25) is 9.52 Å². The first-order valence-corrected chi connectivity index (χ1v) is 12.1. The maximum atomic E-state index is 13.1. The molecule has 0 unspecified atom stereocenters. The first kappa shape index (κ1) is 22.6. The van der Waals surface area contributed by atoms with Crippen LogP contribution in [-0.2, 0) is 32.5 Å². The lowest BCUT2D eigenvalue weighted by molar-refractivity contribution is -0.132. The van der Waals surface area contributed by atoms with Crippen molar-refractivity contribution < 1.29 is 22.7 Å². The SMILES string of the molecule is COC(=O)c1c(S(=O)(=O)Nc2ccc(Cl)cc2)sc2c1CCN(C(=O)CC(C)C)C2. The summed E-state index contributed by atoms with van der Waals surface area (Å²) in [5.74, 6) is -0.453. The summed E-state index contributed by atoms with van der Waals surface area (Å²) in [6, 6.07) is 6.21. The number of anilines is 1. The molecule has 7 nitrogen and oxygen atoms in total. The lowest BCUT2D eigenvalue weighted by Crippen LogP contribution is -2.36. The molecule has 1 amide bonds. The van der Waals surface area contributed by atoms with Crippen LogP contribution in [0.25, 0.3) is 0 Å². The van der Waals surface area contributed by atoms with Gasteiger partial charge in [0.05, 0.1) is 19.2 Å². The predicted octanol–water partition coefficient (Wildman–Crippen LogP) is 3.92. The van der Waals surface area contributed by atoms with Gasteiger partial charge in [0, 0.05) is 28.6 Å². The number of hydrogen-bond donors (Lipinski definition) is 1. The first-order valence-electron chi connectivity index (χ1n) is 9.41. The van der Waals surface area contributed by atoms with Crippen molar-refractivity contribution in [2.45, 2.75) is 37.4 Å². The second-order valence-corrected chi connectivity index (χ2v) is 10.9. The number of nitrogens with zero attached hydrogens (tertiary/aromatic N) is 1. The average Bonchev–Trinajstić information content (AvgIpc) is 3.08. The largest absolute Gasteiger partial charge is 0.465 e. The number of hydrogen-bond acceptors (Lipinski definition) is 6. The summed E-state index contributed by atoms with van der Waals surface area (Å²) in [5.41, 5.74) is 1.02. The molecule has 2 heterocycles. The number of nitrogens with one attached hydrogen (secondary N) is 1. The van der Waals surface area contributed by atoms with Crippen LogP contribution >= 0.6 is 22.9 Å². The molecule has 0 aliphatic carbocycles. The van der Waals surface area contributed by atoms with Crippen LogP contribution in [0.2, 0.25) is 5.02 Å². The first-order chi connectivity index (χ1) is 14.1. The van der Waals surface area contributed by atoms with Gasteiger partial charge in [-0.25, -0.2) is 13.2 Å². The van der Waals surface area contributed by atoms with Crippen LogP contribution in [0.3, 0.4) is 0 Å². The van der Waals surface area contributed by atoms with Crippen LogP contribution in [0.1, 0.15) is 41.1 Å².